The molecule has 0 bridgehead atoms. The van der Waals surface area contributed by atoms with Crippen LogP contribution in [0.4, 0.5) is 5.69 Å². The number of hydrogen-bond donors (Lipinski definition) is 2. The number of amides is 2. The number of carbonyl (C=O) groups is 2. The molecule has 42 heavy (non-hydrogen) atoms. The van der Waals surface area contributed by atoms with E-state index in [0.717, 1.165) is 4.70 Å². The summed E-state index contributed by atoms with van der Waals surface area (Å²) < 4.78 is 35.2. The fourth-order valence-electron chi connectivity index (χ4n) is 4.83. The molecule has 3 aromatic carbocycles. The average Bonchev–Trinajstić information content (AvgIpc) is 3.44. The minimum absolute atomic E-state index is 0.0203. The van der Waals surface area contributed by atoms with Gasteiger partial charge in [0.05, 0.1) is 45.6 Å². The van der Waals surface area contributed by atoms with Gasteiger partial charge < -0.3 is 20.1 Å². The first-order chi connectivity index (χ1) is 20.1. The average molecular weight is 609 g/mol. The van der Waals surface area contributed by atoms with Crippen molar-refractivity contribution in [3.05, 3.63) is 83.4 Å². The first-order valence-corrected chi connectivity index (χ1v) is 15.8. The number of para-hydroxylation sites is 2. The van der Waals surface area contributed by atoms with Crippen molar-refractivity contribution in [2.24, 2.45) is 5.92 Å². The summed E-state index contributed by atoms with van der Waals surface area (Å²) in [5, 5.41) is 13.0. The second-order valence-electron chi connectivity index (χ2n) is 10.3. The molecular weight excluding hydrogens is 576 g/mol. The fraction of sp³-hybridized carbons (Fsp3) is 0.300. The molecule has 12 heteroatoms. The lowest BCUT2D eigenvalue weighted by Gasteiger charge is -2.38. The molecule has 3 atom stereocenters. The van der Waals surface area contributed by atoms with Gasteiger partial charge >= 0.3 is 0 Å². The Hall–Kier alpha value is -3.84. The van der Waals surface area contributed by atoms with Crippen molar-refractivity contribution in [2.75, 3.05) is 32.1 Å². The van der Waals surface area contributed by atoms with E-state index >= 15 is 0 Å². The molecule has 0 saturated heterocycles. The van der Waals surface area contributed by atoms with Gasteiger partial charge in [0.25, 0.3) is 11.8 Å². The maximum atomic E-state index is 13.7. The van der Waals surface area contributed by atoms with Crippen molar-refractivity contribution in [1.29, 1.82) is 0 Å². The third kappa shape index (κ3) is 5.88. The maximum absolute atomic E-state index is 13.7. The summed E-state index contributed by atoms with van der Waals surface area (Å²) in [4.78, 5) is 33.2. The number of fused-ring (bicyclic) bond motifs is 2. The number of thiazole rings is 1. The van der Waals surface area contributed by atoms with E-state index in [1.165, 1.54) is 34.8 Å². The Morgan fingerprint density at radius 3 is 2.57 bits per heavy atom. The van der Waals surface area contributed by atoms with Gasteiger partial charge in [0.1, 0.15) is 6.10 Å². The topological polar surface area (TPSA) is 129 Å². The molecule has 4 aromatic rings. The van der Waals surface area contributed by atoms with Crippen LogP contribution in [0.3, 0.4) is 0 Å². The minimum Gasteiger partial charge on any atom is -0.486 e. The Labute approximate surface area is 248 Å². The molecule has 2 amide bonds. The Balaban J connectivity index is 1.51. The molecule has 0 spiro atoms. The first-order valence-electron chi connectivity index (χ1n) is 13.5. The maximum Gasteiger partial charge on any atom is 0.284 e. The number of aromatic nitrogens is 1. The third-order valence-electron chi connectivity index (χ3n) is 7.32. The van der Waals surface area contributed by atoms with Crippen LogP contribution in [0.25, 0.3) is 10.2 Å². The van der Waals surface area contributed by atoms with Gasteiger partial charge in [-0.2, -0.15) is 4.31 Å². The normalized spacial score (nSPS) is 18.2. The number of aliphatic hydroxyl groups excluding tert-OH is 1. The van der Waals surface area contributed by atoms with E-state index in [2.05, 4.69) is 10.3 Å². The van der Waals surface area contributed by atoms with Gasteiger partial charge in [0, 0.05) is 19.5 Å². The SMILES string of the molecule is C[C@H]1CN([C@@H](C)CO)C(=O)c2cccc(NC(=O)c3nc4ccccc4s3)c2O[C@@H]1CN(C)S(=O)(=O)c1ccccc1. The number of anilines is 1. The number of likely N-dealkylation sites (N-methyl/N-ethyl adjacent to an activating group) is 1. The lowest BCUT2D eigenvalue weighted by atomic mass is 9.99. The number of hydrogen-bond acceptors (Lipinski definition) is 8. The fourth-order valence-corrected chi connectivity index (χ4v) is 6.89. The van der Waals surface area contributed by atoms with Crippen molar-refractivity contribution in [2.45, 2.75) is 30.9 Å². The quantitative estimate of drug-likeness (QED) is 0.308. The number of rotatable bonds is 8. The summed E-state index contributed by atoms with van der Waals surface area (Å²) in [5.74, 6) is -1.03. The van der Waals surface area contributed by atoms with E-state index in [1.807, 2.05) is 31.2 Å². The van der Waals surface area contributed by atoms with E-state index in [9.17, 15) is 23.1 Å². The van der Waals surface area contributed by atoms with Crippen LogP contribution < -0.4 is 10.1 Å². The van der Waals surface area contributed by atoms with Crippen LogP contribution in [0, 0.1) is 5.92 Å². The molecule has 1 aliphatic rings. The first kappa shape index (κ1) is 29.6. The molecule has 220 valence electrons. The van der Waals surface area contributed by atoms with Gasteiger partial charge in [-0.25, -0.2) is 13.4 Å². The number of nitrogens with one attached hydrogen (secondary N) is 1. The molecule has 2 N–H and O–H groups in total. The van der Waals surface area contributed by atoms with Crippen LogP contribution in [0.1, 0.15) is 34.0 Å². The van der Waals surface area contributed by atoms with Crippen molar-refractivity contribution >= 4 is 49.1 Å². The highest BCUT2D eigenvalue weighted by Crippen LogP contribution is 2.36. The van der Waals surface area contributed by atoms with E-state index < -0.39 is 28.1 Å². The Morgan fingerprint density at radius 2 is 1.86 bits per heavy atom. The summed E-state index contributed by atoms with van der Waals surface area (Å²) in [6.45, 7) is 3.56. The largest absolute Gasteiger partial charge is 0.486 e. The highest BCUT2D eigenvalue weighted by Gasteiger charge is 2.36. The summed E-state index contributed by atoms with van der Waals surface area (Å²) in [6.07, 6.45) is -0.700. The van der Waals surface area contributed by atoms with Gasteiger partial charge in [-0.1, -0.05) is 43.3 Å². The van der Waals surface area contributed by atoms with E-state index in [1.54, 1.807) is 48.2 Å². The molecule has 0 fully saturated rings. The highest BCUT2D eigenvalue weighted by atomic mass is 32.2. The zero-order chi connectivity index (χ0) is 30.0. The highest BCUT2D eigenvalue weighted by molar-refractivity contribution is 7.89. The molecule has 0 radical (unpaired) electrons. The molecule has 10 nitrogen and oxygen atoms in total. The third-order valence-corrected chi connectivity index (χ3v) is 10.2. The number of aliphatic hydroxyl groups is 1. The molecule has 0 saturated carbocycles. The molecule has 2 heterocycles. The van der Waals surface area contributed by atoms with Crippen LogP contribution in [0.5, 0.6) is 5.75 Å². The van der Waals surface area contributed by atoms with Gasteiger partial charge in [0.15, 0.2) is 10.8 Å². The molecule has 5 rings (SSSR count). The van der Waals surface area contributed by atoms with Gasteiger partial charge in [0.2, 0.25) is 10.0 Å². The second kappa shape index (κ2) is 12.2. The summed E-state index contributed by atoms with van der Waals surface area (Å²) in [7, 11) is -2.34. The predicted octanol–water partition coefficient (Wildman–Crippen LogP) is 4.09. The lowest BCUT2D eigenvalue weighted by molar-refractivity contribution is 0.0388. The smallest absolute Gasteiger partial charge is 0.284 e. The number of nitrogens with zero attached hydrogens (tertiary/aromatic N) is 3. The standard InChI is InChI=1S/C30H32N4O6S2/c1-19-16-34(20(2)18-35)30(37)22-12-9-14-24(31-28(36)29-32-23-13-7-8-15-26(23)41-29)27(22)40-25(19)17-33(3)42(38,39)21-10-5-4-6-11-21/h4-15,19-20,25,35H,16-18H2,1-3H3,(H,31,36)/t19-,20-,25+/m0/s1. The van der Waals surface area contributed by atoms with Crippen molar-refractivity contribution < 1.29 is 27.9 Å². The van der Waals surface area contributed by atoms with E-state index in [-0.39, 0.29) is 58.4 Å². The summed E-state index contributed by atoms with van der Waals surface area (Å²) >= 11 is 1.25. The van der Waals surface area contributed by atoms with Crippen molar-refractivity contribution in [3.8, 4) is 5.75 Å². The second-order valence-corrected chi connectivity index (χ2v) is 13.4. The van der Waals surface area contributed by atoms with Gasteiger partial charge in [-0.05, 0) is 43.3 Å². The van der Waals surface area contributed by atoms with Gasteiger partial charge in [-0.3, -0.25) is 9.59 Å². The molecule has 0 unspecified atom stereocenters. The predicted molar refractivity (Wildman–Crippen MR) is 161 cm³/mol. The monoisotopic (exact) mass is 608 g/mol. The van der Waals surface area contributed by atoms with Crippen molar-refractivity contribution in [1.82, 2.24) is 14.2 Å². The van der Waals surface area contributed by atoms with Crippen LogP contribution in [0.2, 0.25) is 0 Å². The number of carbonyl (C=O) groups excluding carboxylic acids is 2. The van der Waals surface area contributed by atoms with Crippen LogP contribution in [-0.2, 0) is 10.0 Å². The summed E-state index contributed by atoms with van der Waals surface area (Å²) in [6, 6.07) is 19.9. The van der Waals surface area contributed by atoms with E-state index in [0.29, 0.717) is 5.52 Å². The van der Waals surface area contributed by atoms with Gasteiger partial charge in [-0.15, -0.1) is 11.3 Å². The Bertz CT molecular complexity index is 1680. The summed E-state index contributed by atoms with van der Waals surface area (Å²) in [5.41, 5.74) is 1.16. The molecular formula is C30H32N4O6S2. The lowest BCUT2D eigenvalue weighted by Crippen LogP contribution is -2.50. The minimum atomic E-state index is -3.83. The van der Waals surface area contributed by atoms with E-state index in [4.69, 9.17) is 4.74 Å². The Kier molecular flexibility index (Phi) is 8.60. The number of sulfonamides is 1. The zero-order valence-electron chi connectivity index (χ0n) is 23.4. The zero-order valence-corrected chi connectivity index (χ0v) is 25.1. The Morgan fingerprint density at radius 1 is 1.14 bits per heavy atom. The molecule has 1 aliphatic heterocycles. The van der Waals surface area contributed by atoms with Crippen molar-refractivity contribution in [3.63, 3.8) is 0 Å². The molecule has 0 aliphatic carbocycles. The van der Waals surface area contributed by atoms with Crippen LogP contribution in [0.15, 0.2) is 77.7 Å². The van der Waals surface area contributed by atoms with Crippen LogP contribution in [-0.4, -0.2) is 78.4 Å². The molecule has 1 aromatic heterocycles. The van der Waals surface area contributed by atoms with Crippen LogP contribution >= 0.6 is 11.3 Å². The number of ether oxygens (including phenoxy) is 1. The number of benzene rings is 3.